The van der Waals surface area contributed by atoms with E-state index < -0.39 is 35.0 Å². The van der Waals surface area contributed by atoms with Crippen molar-refractivity contribution in [1.82, 2.24) is 0 Å². The van der Waals surface area contributed by atoms with Crippen LogP contribution in [-0.4, -0.2) is 22.2 Å². The zero-order chi connectivity index (χ0) is 16.0. The Kier molecular flexibility index (Phi) is 2.09. The van der Waals surface area contributed by atoms with Gasteiger partial charge in [-0.15, -0.1) is 0 Å². The lowest BCUT2D eigenvalue weighted by molar-refractivity contribution is -0.155. The van der Waals surface area contributed by atoms with Crippen LogP contribution in [0.25, 0.3) is 0 Å². The highest BCUT2D eigenvalue weighted by Gasteiger charge is 2.73. The molecule has 0 amide bonds. The minimum absolute atomic E-state index is 0.453. The molecule has 2 atom stereocenters. The molecule has 5 nitrogen and oxygen atoms in total. The first-order valence-corrected chi connectivity index (χ1v) is 7.41. The molecular formula is C18H12O5. The summed E-state index contributed by atoms with van der Waals surface area (Å²) in [4.78, 5) is 24.5. The number of hydrogen-bond acceptors (Lipinski definition) is 5. The SMILES string of the molecule is O=C1OC(=O)C2C1C1(O)c3ccccc3C2(O)c2ccccc21. The van der Waals surface area contributed by atoms with Gasteiger partial charge in [-0.05, 0) is 22.3 Å². The normalized spacial score (nSPS) is 36.3. The third-order valence-electron chi connectivity index (χ3n) is 5.44. The lowest BCUT2D eigenvalue weighted by Crippen LogP contribution is -2.61. The van der Waals surface area contributed by atoms with Crippen molar-refractivity contribution in [2.24, 2.45) is 11.8 Å². The second kappa shape index (κ2) is 3.69. The first-order valence-electron chi connectivity index (χ1n) is 7.41. The highest BCUT2D eigenvalue weighted by molar-refractivity contribution is 6.00. The van der Waals surface area contributed by atoms with Crippen LogP contribution in [0.1, 0.15) is 22.3 Å². The van der Waals surface area contributed by atoms with Crippen LogP contribution in [0, 0.1) is 11.8 Å². The molecule has 2 aromatic carbocycles. The van der Waals surface area contributed by atoms with Crippen LogP contribution in [-0.2, 0) is 25.5 Å². The van der Waals surface area contributed by atoms with E-state index in [9.17, 15) is 19.8 Å². The Labute approximate surface area is 131 Å². The molecule has 1 fully saturated rings. The van der Waals surface area contributed by atoms with Gasteiger partial charge in [0, 0.05) is 0 Å². The quantitative estimate of drug-likeness (QED) is 0.555. The summed E-state index contributed by atoms with van der Waals surface area (Å²) in [6.45, 7) is 0. The van der Waals surface area contributed by atoms with Crippen LogP contribution >= 0.6 is 0 Å². The van der Waals surface area contributed by atoms with E-state index in [-0.39, 0.29) is 0 Å². The first-order chi connectivity index (χ1) is 11.0. The van der Waals surface area contributed by atoms with Gasteiger partial charge in [0.1, 0.15) is 23.0 Å². The lowest BCUT2D eigenvalue weighted by atomic mass is 9.50. The number of hydrogen-bond donors (Lipinski definition) is 2. The van der Waals surface area contributed by atoms with Crippen LogP contribution in [0.3, 0.4) is 0 Å². The number of ether oxygens (including phenoxy) is 1. The van der Waals surface area contributed by atoms with Crippen molar-refractivity contribution in [3.05, 3.63) is 70.8 Å². The first kappa shape index (κ1) is 13.0. The van der Waals surface area contributed by atoms with E-state index >= 15 is 0 Å². The van der Waals surface area contributed by atoms with Crippen LogP contribution < -0.4 is 0 Å². The zero-order valence-electron chi connectivity index (χ0n) is 11.9. The van der Waals surface area contributed by atoms with Gasteiger partial charge in [0.25, 0.3) is 0 Å². The molecule has 0 spiro atoms. The fraction of sp³-hybridized carbons (Fsp3) is 0.222. The van der Waals surface area contributed by atoms with Crippen LogP contribution in [0.15, 0.2) is 48.5 Å². The van der Waals surface area contributed by atoms with Gasteiger partial charge in [-0.25, -0.2) is 0 Å². The van der Waals surface area contributed by atoms with Gasteiger partial charge in [0.2, 0.25) is 0 Å². The topological polar surface area (TPSA) is 83.8 Å². The average molecular weight is 308 g/mol. The average Bonchev–Trinajstić information content (AvgIpc) is 2.88. The van der Waals surface area contributed by atoms with Crippen molar-refractivity contribution in [3.63, 3.8) is 0 Å². The predicted molar refractivity (Wildman–Crippen MR) is 77.0 cm³/mol. The number of cyclic esters (lactones) is 2. The van der Waals surface area contributed by atoms with E-state index in [2.05, 4.69) is 0 Å². The summed E-state index contributed by atoms with van der Waals surface area (Å²) in [5.41, 5.74) is -1.54. The lowest BCUT2D eigenvalue weighted by Gasteiger charge is -2.54. The van der Waals surface area contributed by atoms with Crippen molar-refractivity contribution in [2.45, 2.75) is 11.2 Å². The van der Waals surface area contributed by atoms with Crippen molar-refractivity contribution in [3.8, 4) is 0 Å². The highest BCUT2D eigenvalue weighted by atomic mass is 16.6. The summed E-state index contributed by atoms with van der Waals surface area (Å²) >= 11 is 0. The zero-order valence-corrected chi connectivity index (χ0v) is 11.9. The maximum Gasteiger partial charge on any atom is 0.321 e. The maximum absolute atomic E-state index is 12.3. The van der Waals surface area contributed by atoms with E-state index in [1.165, 1.54) is 0 Å². The van der Waals surface area contributed by atoms with Crippen LogP contribution in [0.5, 0.6) is 0 Å². The summed E-state index contributed by atoms with van der Waals surface area (Å²) in [5.74, 6) is -3.84. The largest absolute Gasteiger partial charge is 0.392 e. The van der Waals surface area contributed by atoms with E-state index in [1.807, 2.05) is 0 Å². The molecule has 3 aliphatic carbocycles. The molecule has 2 aromatic rings. The highest BCUT2D eigenvalue weighted by Crippen LogP contribution is 2.64. The van der Waals surface area contributed by atoms with Crippen LogP contribution in [0.4, 0.5) is 0 Å². The Morgan fingerprint density at radius 2 is 1.00 bits per heavy atom. The Balaban J connectivity index is 1.99. The molecule has 1 saturated heterocycles. The van der Waals surface area contributed by atoms with Crippen molar-refractivity contribution < 1.29 is 24.5 Å². The smallest absolute Gasteiger partial charge is 0.321 e. The van der Waals surface area contributed by atoms with Gasteiger partial charge >= 0.3 is 11.9 Å². The number of rotatable bonds is 0. The third kappa shape index (κ3) is 1.17. The molecule has 2 bridgehead atoms. The standard InChI is InChI=1S/C18H12O5/c19-15-13-14(16(20)23-15)18(22)10-6-2-1-5-9(10)17(13,21)11-7-3-4-8-12(11)18/h1-8,13-14,21-22H. The number of benzene rings is 2. The minimum Gasteiger partial charge on any atom is -0.392 e. The number of aliphatic hydroxyl groups is 2. The van der Waals surface area contributed by atoms with E-state index in [4.69, 9.17) is 4.74 Å². The summed E-state index contributed by atoms with van der Waals surface area (Å²) in [7, 11) is 0. The van der Waals surface area contributed by atoms with Crippen LogP contribution in [0.2, 0.25) is 0 Å². The van der Waals surface area contributed by atoms with Gasteiger partial charge in [0.15, 0.2) is 0 Å². The monoisotopic (exact) mass is 308 g/mol. The van der Waals surface area contributed by atoms with Crippen molar-refractivity contribution in [1.29, 1.82) is 0 Å². The van der Waals surface area contributed by atoms with Gasteiger partial charge in [-0.1, -0.05) is 48.5 Å². The third-order valence-corrected chi connectivity index (χ3v) is 5.44. The summed E-state index contributed by atoms with van der Waals surface area (Å²) in [6.07, 6.45) is 0. The molecule has 6 rings (SSSR count). The molecule has 23 heavy (non-hydrogen) atoms. The molecule has 2 unspecified atom stereocenters. The summed E-state index contributed by atoms with van der Waals surface area (Å²) < 4.78 is 4.78. The van der Waals surface area contributed by atoms with Gasteiger partial charge in [-0.2, -0.15) is 0 Å². The van der Waals surface area contributed by atoms with Gasteiger partial charge in [0.05, 0.1) is 0 Å². The number of carbonyl (C=O) groups is 2. The molecule has 2 N–H and O–H groups in total. The molecular weight excluding hydrogens is 296 g/mol. The van der Waals surface area contributed by atoms with E-state index in [0.717, 1.165) is 0 Å². The van der Waals surface area contributed by atoms with Crippen molar-refractivity contribution in [2.75, 3.05) is 0 Å². The second-order valence-electron chi connectivity index (χ2n) is 6.32. The minimum atomic E-state index is -1.68. The molecule has 4 aliphatic rings. The Morgan fingerprint density at radius 3 is 1.30 bits per heavy atom. The van der Waals surface area contributed by atoms with E-state index in [0.29, 0.717) is 22.3 Å². The molecule has 0 aromatic heterocycles. The van der Waals surface area contributed by atoms with Gasteiger partial charge in [-0.3, -0.25) is 9.59 Å². The predicted octanol–water partition coefficient (Wildman–Crippen LogP) is 0.801. The molecule has 0 radical (unpaired) electrons. The Morgan fingerprint density at radius 1 is 0.696 bits per heavy atom. The summed E-state index contributed by atoms with van der Waals surface area (Å²) in [5, 5.41) is 23.1. The van der Waals surface area contributed by atoms with Gasteiger partial charge < -0.3 is 14.9 Å². The van der Waals surface area contributed by atoms with E-state index in [1.54, 1.807) is 48.5 Å². The second-order valence-corrected chi connectivity index (χ2v) is 6.32. The molecule has 5 heteroatoms. The molecule has 1 heterocycles. The molecule has 1 aliphatic heterocycles. The Bertz CT molecular complexity index is 780. The summed E-state index contributed by atoms with van der Waals surface area (Å²) in [6, 6.07) is 13.7. The molecule has 0 saturated carbocycles. The fourth-order valence-corrected chi connectivity index (χ4v) is 4.58. The fourth-order valence-electron chi connectivity index (χ4n) is 4.58. The van der Waals surface area contributed by atoms with Crippen molar-refractivity contribution >= 4 is 11.9 Å². The Hall–Kier alpha value is -2.50. The maximum atomic E-state index is 12.3. The number of carbonyl (C=O) groups excluding carboxylic acids is 2. The molecule has 114 valence electrons. The number of esters is 2.